The van der Waals surface area contributed by atoms with Gasteiger partial charge < -0.3 is 10.6 Å². The van der Waals surface area contributed by atoms with Gasteiger partial charge >= 0.3 is 0 Å². The van der Waals surface area contributed by atoms with Crippen LogP contribution >= 0.6 is 0 Å². The number of hydrogen-bond donors (Lipinski definition) is 2. The van der Waals surface area contributed by atoms with Gasteiger partial charge in [0.05, 0.1) is 0 Å². The lowest BCUT2D eigenvalue weighted by Gasteiger charge is -2.13. The molecule has 1 aliphatic carbocycles. The molecule has 1 aromatic heterocycles. The number of benzene rings is 1. The van der Waals surface area contributed by atoms with Crippen LogP contribution in [0.1, 0.15) is 55.1 Å². The van der Waals surface area contributed by atoms with Crippen LogP contribution in [-0.2, 0) is 6.42 Å². The molecule has 2 N–H and O–H groups in total. The number of allylic oxidation sites excluding steroid dienone is 1. The van der Waals surface area contributed by atoms with E-state index in [1.165, 1.54) is 31.2 Å². The Morgan fingerprint density at radius 1 is 1.12 bits per heavy atom. The number of carbonyl (C=O) groups is 1. The zero-order valence-electron chi connectivity index (χ0n) is 15.4. The molecule has 1 amide bonds. The maximum Gasteiger partial charge on any atom is 0.274 e. The van der Waals surface area contributed by atoms with Gasteiger partial charge in [0.2, 0.25) is 0 Å². The Balaban J connectivity index is 1.55. The quantitative estimate of drug-likeness (QED) is 0.676. The summed E-state index contributed by atoms with van der Waals surface area (Å²) in [5, 5.41) is 6.31. The zero-order valence-corrected chi connectivity index (χ0v) is 15.4. The molecule has 0 spiro atoms. The van der Waals surface area contributed by atoms with Gasteiger partial charge in [-0.1, -0.05) is 30.7 Å². The Morgan fingerprint density at radius 2 is 1.96 bits per heavy atom. The lowest BCUT2D eigenvalue weighted by Crippen LogP contribution is -2.14. The molecule has 0 atom stereocenters. The third-order valence-corrected chi connectivity index (χ3v) is 4.77. The van der Waals surface area contributed by atoms with Crippen LogP contribution in [0.5, 0.6) is 0 Å². The van der Waals surface area contributed by atoms with Crippen molar-refractivity contribution in [3.8, 4) is 0 Å². The molecule has 2 aromatic rings. The standard InChI is InChI=1S/C22H27N3O/c1-2-17-8-10-19(11-9-17)25-22(26)21-16-20(13-15-24-21)23-14-12-18-6-4-3-5-7-18/h6,8-11,13,15-16H,2-5,7,12,14H2,1H3,(H,23,24)(H,25,26). The SMILES string of the molecule is CCc1ccc(NC(=O)c2cc(NCCC3=CCCCC3)ccn2)cc1. The smallest absolute Gasteiger partial charge is 0.274 e. The number of carbonyl (C=O) groups excluding carboxylic acids is 1. The number of nitrogens with one attached hydrogen (secondary N) is 2. The fourth-order valence-electron chi connectivity index (χ4n) is 3.18. The van der Waals surface area contributed by atoms with Crippen molar-refractivity contribution in [2.75, 3.05) is 17.2 Å². The maximum atomic E-state index is 12.4. The third kappa shape index (κ3) is 5.19. The Labute approximate surface area is 155 Å². The van der Waals surface area contributed by atoms with Crippen LogP contribution in [0, 0.1) is 0 Å². The van der Waals surface area contributed by atoms with Crippen molar-refractivity contribution >= 4 is 17.3 Å². The van der Waals surface area contributed by atoms with Crippen LogP contribution in [0.15, 0.2) is 54.2 Å². The van der Waals surface area contributed by atoms with Crippen molar-refractivity contribution in [1.29, 1.82) is 0 Å². The van der Waals surface area contributed by atoms with Gasteiger partial charge in [-0.3, -0.25) is 9.78 Å². The second-order valence-electron chi connectivity index (χ2n) is 6.72. The van der Waals surface area contributed by atoms with Crippen LogP contribution < -0.4 is 10.6 Å². The minimum absolute atomic E-state index is 0.187. The summed E-state index contributed by atoms with van der Waals surface area (Å²) in [6.45, 7) is 3.00. The molecule has 0 saturated heterocycles. The average Bonchev–Trinajstić information content (AvgIpc) is 2.69. The highest BCUT2D eigenvalue weighted by Gasteiger charge is 2.09. The van der Waals surface area contributed by atoms with Gasteiger partial charge in [0.15, 0.2) is 0 Å². The van der Waals surface area contributed by atoms with Crippen molar-refractivity contribution in [1.82, 2.24) is 4.98 Å². The fourth-order valence-corrected chi connectivity index (χ4v) is 3.18. The van der Waals surface area contributed by atoms with Gasteiger partial charge in [-0.25, -0.2) is 0 Å². The van der Waals surface area contributed by atoms with Gasteiger partial charge in [-0.2, -0.15) is 0 Å². The minimum Gasteiger partial charge on any atom is -0.385 e. The summed E-state index contributed by atoms with van der Waals surface area (Å²) in [7, 11) is 0. The summed E-state index contributed by atoms with van der Waals surface area (Å²) in [5.41, 5.74) is 4.94. The van der Waals surface area contributed by atoms with Crippen molar-refractivity contribution in [2.24, 2.45) is 0 Å². The Hall–Kier alpha value is -2.62. The third-order valence-electron chi connectivity index (χ3n) is 4.77. The van der Waals surface area contributed by atoms with E-state index in [4.69, 9.17) is 0 Å². The Morgan fingerprint density at radius 3 is 2.69 bits per heavy atom. The van der Waals surface area contributed by atoms with Gasteiger partial charge in [0.25, 0.3) is 5.91 Å². The number of rotatable bonds is 7. The fraction of sp³-hybridized carbons (Fsp3) is 0.364. The predicted molar refractivity (Wildman–Crippen MR) is 108 cm³/mol. The Bertz CT molecular complexity index is 765. The van der Waals surface area contributed by atoms with E-state index in [1.54, 1.807) is 11.8 Å². The lowest BCUT2D eigenvalue weighted by atomic mass is 9.97. The van der Waals surface area contributed by atoms with Gasteiger partial charge in [-0.15, -0.1) is 0 Å². The van der Waals surface area contributed by atoms with E-state index in [1.807, 2.05) is 36.4 Å². The molecule has 0 saturated carbocycles. The predicted octanol–water partition coefficient (Wildman–Crippen LogP) is 5.20. The first kappa shape index (κ1) is 18.2. The Kier molecular flexibility index (Phi) is 6.42. The van der Waals surface area contributed by atoms with Crippen molar-refractivity contribution < 1.29 is 4.79 Å². The molecule has 3 rings (SSSR count). The van der Waals surface area contributed by atoms with Crippen molar-refractivity contribution in [3.63, 3.8) is 0 Å². The summed E-state index contributed by atoms with van der Waals surface area (Å²) in [5.74, 6) is -0.187. The molecule has 1 aromatic carbocycles. The number of aromatic nitrogens is 1. The molecule has 0 unspecified atom stereocenters. The minimum atomic E-state index is -0.187. The van der Waals surface area contributed by atoms with Crippen LogP contribution in [0.3, 0.4) is 0 Å². The van der Waals surface area contributed by atoms with E-state index >= 15 is 0 Å². The van der Waals surface area contributed by atoms with E-state index in [-0.39, 0.29) is 5.91 Å². The molecule has 1 aliphatic rings. The number of nitrogens with zero attached hydrogens (tertiary/aromatic N) is 1. The molecule has 0 radical (unpaired) electrons. The largest absolute Gasteiger partial charge is 0.385 e. The highest BCUT2D eigenvalue weighted by molar-refractivity contribution is 6.03. The molecule has 0 aliphatic heterocycles. The number of anilines is 2. The van der Waals surface area contributed by atoms with Crippen molar-refractivity contribution in [2.45, 2.75) is 45.4 Å². The summed E-state index contributed by atoms with van der Waals surface area (Å²) in [6, 6.07) is 11.6. The molecule has 0 fully saturated rings. The van der Waals surface area contributed by atoms with Crippen molar-refractivity contribution in [3.05, 3.63) is 65.5 Å². The lowest BCUT2D eigenvalue weighted by molar-refractivity contribution is 0.102. The first-order chi connectivity index (χ1) is 12.7. The number of amides is 1. The number of pyridine rings is 1. The number of aryl methyl sites for hydroxylation is 1. The first-order valence-electron chi connectivity index (χ1n) is 9.52. The van der Waals surface area contributed by atoms with Gasteiger partial charge in [0.1, 0.15) is 5.69 Å². The second-order valence-corrected chi connectivity index (χ2v) is 6.72. The van der Waals surface area contributed by atoms with E-state index in [0.717, 1.165) is 30.8 Å². The van der Waals surface area contributed by atoms with Gasteiger partial charge in [-0.05, 0) is 68.4 Å². The summed E-state index contributed by atoms with van der Waals surface area (Å²) >= 11 is 0. The topological polar surface area (TPSA) is 54.0 Å². The summed E-state index contributed by atoms with van der Waals surface area (Å²) < 4.78 is 0. The first-order valence-corrected chi connectivity index (χ1v) is 9.52. The molecule has 26 heavy (non-hydrogen) atoms. The monoisotopic (exact) mass is 349 g/mol. The van der Waals surface area contributed by atoms with Crippen LogP contribution in [0.4, 0.5) is 11.4 Å². The van der Waals surface area contributed by atoms with E-state index < -0.39 is 0 Å². The second kappa shape index (κ2) is 9.18. The van der Waals surface area contributed by atoms with Crippen LogP contribution in [-0.4, -0.2) is 17.4 Å². The molecule has 4 heteroatoms. The highest BCUT2D eigenvalue weighted by atomic mass is 16.1. The summed E-state index contributed by atoms with van der Waals surface area (Å²) in [4.78, 5) is 16.6. The molecular formula is C22H27N3O. The van der Waals surface area contributed by atoms with E-state index in [9.17, 15) is 4.79 Å². The van der Waals surface area contributed by atoms with Gasteiger partial charge in [0, 0.05) is 24.1 Å². The zero-order chi connectivity index (χ0) is 18.2. The molecule has 4 nitrogen and oxygen atoms in total. The average molecular weight is 349 g/mol. The molecule has 1 heterocycles. The maximum absolute atomic E-state index is 12.4. The van der Waals surface area contributed by atoms with E-state index in [2.05, 4.69) is 28.6 Å². The number of hydrogen-bond acceptors (Lipinski definition) is 3. The normalized spacial score (nSPS) is 13.8. The van der Waals surface area contributed by atoms with Crippen LogP contribution in [0.25, 0.3) is 0 Å². The summed E-state index contributed by atoms with van der Waals surface area (Å²) in [6.07, 6.45) is 11.2. The molecule has 136 valence electrons. The van der Waals surface area contributed by atoms with Crippen LogP contribution in [0.2, 0.25) is 0 Å². The molecule has 0 bridgehead atoms. The highest BCUT2D eigenvalue weighted by Crippen LogP contribution is 2.20. The van der Waals surface area contributed by atoms with E-state index in [0.29, 0.717) is 5.69 Å². The molecular weight excluding hydrogens is 322 g/mol.